The maximum Gasteiger partial charge on any atom is 0.0419 e. The molecule has 1 aromatic heterocycles. The first-order chi connectivity index (χ1) is 6.90. The zero-order valence-corrected chi connectivity index (χ0v) is 8.32. The Morgan fingerprint density at radius 1 is 1.50 bits per heavy atom. The van der Waals surface area contributed by atoms with Crippen LogP contribution in [0.3, 0.4) is 0 Å². The molecule has 76 valence electrons. The van der Waals surface area contributed by atoms with Crippen molar-refractivity contribution < 1.29 is 0 Å². The zero-order chi connectivity index (χ0) is 9.80. The third kappa shape index (κ3) is 2.11. The average Bonchev–Trinajstić information content (AvgIpc) is 2.15. The van der Waals surface area contributed by atoms with Crippen LogP contribution < -0.4 is 11.3 Å². The molecule has 14 heavy (non-hydrogen) atoms. The van der Waals surface area contributed by atoms with Crippen LogP contribution in [0.4, 0.5) is 0 Å². The number of rotatable bonds is 4. The van der Waals surface area contributed by atoms with Gasteiger partial charge in [0.15, 0.2) is 0 Å². The molecule has 1 heterocycles. The first-order valence-electron chi connectivity index (χ1n) is 5.26. The largest absolute Gasteiger partial charge is 0.271 e. The molecule has 1 atom stereocenters. The molecule has 1 unspecified atom stereocenters. The Bertz CT molecular complexity index is 269. The lowest BCUT2D eigenvalue weighted by Gasteiger charge is -2.33. The van der Waals surface area contributed by atoms with E-state index in [0.717, 1.165) is 18.0 Å². The Morgan fingerprint density at radius 2 is 2.36 bits per heavy atom. The van der Waals surface area contributed by atoms with E-state index >= 15 is 0 Å². The summed E-state index contributed by atoms with van der Waals surface area (Å²) < 4.78 is 0. The third-order valence-electron chi connectivity index (χ3n) is 3.09. The highest BCUT2D eigenvalue weighted by Crippen LogP contribution is 2.30. The van der Waals surface area contributed by atoms with Crippen LogP contribution in [0, 0.1) is 5.92 Å². The van der Waals surface area contributed by atoms with Crippen LogP contribution in [-0.2, 0) is 6.42 Å². The van der Waals surface area contributed by atoms with Crippen LogP contribution >= 0.6 is 0 Å². The third-order valence-corrected chi connectivity index (χ3v) is 3.09. The second-order valence-electron chi connectivity index (χ2n) is 3.99. The van der Waals surface area contributed by atoms with Gasteiger partial charge in [-0.1, -0.05) is 12.5 Å². The maximum absolute atomic E-state index is 5.55. The lowest BCUT2D eigenvalue weighted by molar-refractivity contribution is 0.227. The molecule has 1 saturated carbocycles. The molecule has 1 aliphatic carbocycles. The molecule has 1 aliphatic rings. The summed E-state index contributed by atoms with van der Waals surface area (Å²) in [7, 11) is 0. The Hall–Kier alpha value is -0.930. The summed E-state index contributed by atoms with van der Waals surface area (Å²) in [5.41, 5.74) is 4.04. The smallest absolute Gasteiger partial charge is 0.0419 e. The fourth-order valence-corrected chi connectivity index (χ4v) is 1.95. The van der Waals surface area contributed by atoms with Crippen molar-refractivity contribution in [3.8, 4) is 0 Å². The predicted octanol–water partition coefficient (Wildman–Crippen LogP) is 1.26. The number of pyridine rings is 1. The number of hydrogen-bond acceptors (Lipinski definition) is 3. The van der Waals surface area contributed by atoms with E-state index in [0.29, 0.717) is 6.04 Å². The normalized spacial score (nSPS) is 18.9. The van der Waals surface area contributed by atoms with E-state index in [2.05, 4.69) is 16.5 Å². The summed E-state index contributed by atoms with van der Waals surface area (Å²) in [6.45, 7) is 0. The minimum atomic E-state index is 0.402. The van der Waals surface area contributed by atoms with Crippen molar-refractivity contribution in [3.05, 3.63) is 30.1 Å². The topological polar surface area (TPSA) is 50.9 Å². The standard InChI is InChI=1S/C11H17N3/c12-14-11(9-4-3-5-9)8-10-6-1-2-7-13-10/h1-2,6-7,9,11,14H,3-5,8,12H2. The zero-order valence-electron chi connectivity index (χ0n) is 8.32. The minimum absolute atomic E-state index is 0.402. The molecule has 1 aromatic rings. The number of hydrogen-bond donors (Lipinski definition) is 2. The van der Waals surface area contributed by atoms with Crippen molar-refractivity contribution in [2.75, 3.05) is 0 Å². The van der Waals surface area contributed by atoms with Crippen LogP contribution in [-0.4, -0.2) is 11.0 Å². The van der Waals surface area contributed by atoms with E-state index in [9.17, 15) is 0 Å². The highest BCUT2D eigenvalue weighted by atomic mass is 15.2. The van der Waals surface area contributed by atoms with Crippen LogP contribution in [0.15, 0.2) is 24.4 Å². The van der Waals surface area contributed by atoms with Crippen molar-refractivity contribution >= 4 is 0 Å². The highest BCUT2D eigenvalue weighted by molar-refractivity contribution is 5.06. The average molecular weight is 191 g/mol. The second kappa shape index (κ2) is 4.53. The quantitative estimate of drug-likeness (QED) is 0.556. The lowest BCUT2D eigenvalue weighted by atomic mass is 9.78. The molecule has 0 saturated heterocycles. The Balaban J connectivity index is 1.94. The van der Waals surface area contributed by atoms with Crippen LogP contribution in [0.25, 0.3) is 0 Å². The first kappa shape index (κ1) is 9.62. The van der Waals surface area contributed by atoms with Crippen molar-refractivity contribution in [2.45, 2.75) is 31.7 Å². The molecule has 0 amide bonds. The van der Waals surface area contributed by atoms with E-state index in [1.54, 1.807) is 0 Å². The predicted molar refractivity (Wildman–Crippen MR) is 56.4 cm³/mol. The Labute approximate surface area is 84.7 Å². The van der Waals surface area contributed by atoms with Gasteiger partial charge in [-0.2, -0.15) is 0 Å². The molecular formula is C11H17N3. The summed E-state index contributed by atoms with van der Waals surface area (Å²) in [5.74, 6) is 6.31. The first-order valence-corrected chi connectivity index (χ1v) is 5.26. The van der Waals surface area contributed by atoms with Gasteiger partial charge >= 0.3 is 0 Å². The molecule has 2 rings (SSSR count). The Morgan fingerprint density at radius 3 is 2.86 bits per heavy atom. The molecule has 0 bridgehead atoms. The van der Waals surface area contributed by atoms with Gasteiger partial charge in [-0.15, -0.1) is 0 Å². The van der Waals surface area contributed by atoms with Crippen molar-refractivity contribution in [3.63, 3.8) is 0 Å². The fraction of sp³-hybridized carbons (Fsp3) is 0.545. The van der Waals surface area contributed by atoms with Gasteiger partial charge in [0, 0.05) is 24.4 Å². The van der Waals surface area contributed by atoms with E-state index in [1.165, 1.54) is 19.3 Å². The van der Waals surface area contributed by atoms with Crippen molar-refractivity contribution in [1.82, 2.24) is 10.4 Å². The molecule has 3 heteroatoms. The monoisotopic (exact) mass is 191 g/mol. The van der Waals surface area contributed by atoms with Gasteiger partial charge in [0.05, 0.1) is 0 Å². The van der Waals surface area contributed by atoms with Crippen LogP contribution in [0.2, 0.25) is 0 Å². The van der Waals surface area contributed by atoms with Gasteiger partial charge in [0.25, 0.3) is 0 Å². The molecule has 0 aromatic carbocycles. The molecular weight excluding hydrogens is 174 g/mol. The summed E-state index contributed by atoms with van der Waals surface area (Å²) in [6, 6.07) is 6.43. The van der Waals surface area contributed by atoms with Gasteiger partial charge in [-0.3, -0.25) is 16.3 Å². The lowest BCUT2D eigenvalue weighted by Crippen LogP contribution is -2.45. The van der Waals surface area contributed by atoms with E-state index in [-0.39, 0.29) is 0 Å². The van der Waals surface area contributed by atoms with Gasteiger partial charge < -0.3 is 0 Å². The summed E-state index contributed by atoms with van der Waals surface area (Å²) in [4.78, 5) is 4.31. The van der Waals surface area contributed by atoms with E-state index < -0.39 is 0 Å². The van der Waals surface area contributed by atoms with Gasteiger partial charge in [0.2, 0.25) is 0 Å². The summed E-state index contributed by atoms with van der Waals surface area (Å²) in [5, 5.41) is 0. The molecule has 0 spiro atoms. The minimum Gasteiger partial charge on any atom is -0.271 e. The molecule has 3 nitrogen and oxygen atoms in total. The van der Waals surface area contributed by atoms with Gasteiger partial charge in [-0.25, -0.2) is 0 Å². The van der Waals surface area contributed by atoms with Crippen LogP contribution in [0.5, 0.6) is 0 Å². The molecule has 0 aliphatic heterocycles. The van der Waals surface area contributed by atoms with E-state index in [4.69, 9.17) is 5.84 Å². The maximum atomic E-state index is 5.55. The SMILES string of the molecule is NNC(Cc1ccccn1)C1CCC1. The Kier molecular flexibility index (Phi) is 3.11. The number of hydrazine groups is 1. The second-order valence-corrected chi connectivity index (χ2v) is 3.99. The summed E-state index contributed by atoms with van der Waals surface area (Å²) >= 11 is 0. The molecule has 1 fully saturated rings. The van der Waals surface area contributed by atoms with Crippen molar-refractivity contribution in [1.29, 1.82) is 0 Å². The number of nitrogens with one attached hydrogen (secondary N) is 1. The van der Waals surface area contributed by atoms with E-state index in [1.807, 2.05) is 18.3 Å². The highest BCUT2D eigenvalue weighted by Gasteiger charge is 2.26. The van der Waals surface area contributed by atoms with Gasteiger partial charge in [0.1, 0.15) is 0 Å². The molecule has 0 radical (unpaired) electrons. The number of aromatic nitrogens is 1. The van der Waals surface area contributed by atoms with Gasteiger partial charge in [-0.05, 0) is 30.9 Å². The van der Waals surface area contributed by atoms with Crippen molar-refractivity contribution in [2.24, 2.45) is 11.8 Å². The molecule has 3 N–H and O–H groups in total. The van der Waals surface area contributed by atoms with Crippen LogP contribution in [0.1, 0.15) is 25.0 Å². The number of nitrogens with zero attached hydrogens (tertiary/aromatic N) is 1. The summed E-state index contributed by atoms with van der Waals surface area (Å²) in [6.07, 6.45) is 6.75. The fourth-order valence-electron chi connectivity index (χ4n) is 1.95. The number of nitrogens with two attached hydrogens (primary N) is 1.